The normalized spacial score (nSPS) is 11.0. The molecule has 0 aliphatic carbocycles. The number of carbonyl (C=O) groups excluding carboxylic acids is 2. The average molecular weight is 423 g/mol. The quantitative estimate of drug-likeness (QED) is 0.738. The molecule has 0 spiro atoms. The molecule has 2 rings (SSSR count). The fourth-order valence-corrected chi connectivity index (χ4v) is 2.29. The molecule has 2 N–H and O–H groups in total. The summed E-state index contributed by atoms with van der Waals surface area (Å²) < 4.78 is 19.0. The number of nitrogens with one attached hydrogen (secondary N) is 2. The monoisotopic (exact) mass is 422 g/mol. The van der Waals surface area contributed by atoms with Crippen LogP contribution in [0.2, 0.25) is 0 Å². The summed E-state index contributed by atoms with van der Waals surface area (Å²) in [4.78, 5) is 23.8. The van der Waals surface area contributed by atoms with E-state index < -0.39 is 17.5 Å². The molecule has 138 valence electrons. The van der Waals surface area contributed by atoms with Crippen molar-refractivity contribution in [3.05, 3.63) is 63.9 Å². The van der Waals surface area contributed by atoms with Crippen molar-refractivity contribution in [2.75, 3.05) is 5.32 Å². The third kappa shape index (κ3) is 6.15. The number of ether oxygens (including phenoxy) is 1. The fraction of sp³-hybridized carbons (Fsp3) is 0.263. The first-order valence-electron chi connectivity index (χ1n) is 7.96. The molecule has 0 aliphatic rings. The van der Waals surface area contributed by atoms with Gasteiger partial charge in [0.05, 0.1) is 4.47 Å². The van der Waals surface area contributed by atoms with Crippen molar-refractivity contribution < 1.29 is 18.7 Å². The minimum absolute atomic E-state index is 0.286. The van der Waals surface area contributed by atoms with E-state index >= 15 is 0 Å². The van der Waals surface area contributed by atoms with Gasteiger partial charge in [-0.3, -0.25) is 4.79 Å². The maximum atomic E-state index is 13.5. The first-order chi connectivity index (χ1) is 12.1. The highest BCUT2D eigenvalue weighted by molar-refractivity contribution is 9.10. The number of hydrogen-bond acceptors (Lipinski definition) is 3. The van der Waals surface area contributed by atoms with Gasteiger partial charge < -0.3 is 15.4 Å². The zero-order valence-electron chi connectivity index (χ0n) is 14.7. The molecule has 5 nitrogen and oxygen atoms in total. The molecule has 0 atom stereocenters. The SMILES string of the molecule is CC(C)(C)OC(=O)NCc1ccc(C(=O)Nc2ccc(Br)c(F)c2)cc1. The Labute approximate surface area is 160 Å². The van der Waals surface area contributed by atoms with Crippen LogP contribution in [0.5, 0.6) is 0 Å². The molecule has 2 amide bonds. The zero-order chi connectivity index (χ0) is 19.3. The van der Waals surface area contributed by atoms with E-state index in [1.165, 1.54) is 12.1 Å². The molecule has 2 aromatic rings. The highest BCUT2D eigenvalue weighted by atomic mass is 79.9. The number of anilines is 1. The van der Waals surface area contributed by atoms with Crippen LogP contribution in [-0.2, 0) is 11.3 Å². The third-order valence-corrected chi connectivity index (χ3v) is 3.87. The van der Waals surface area contributed by atoms with Crippen LogP contribution in [0.4, 0.5) is 14.9 Å². The van der Waals surface area contributed by atoms with Crippen LogP contribution in [0.25, 0.3) is 0 Å². The van der Waals surface area contributed by atoms with Gasteiger partial charge in [0.1, 0.15) is 11.4 Å². The van der Waals surface area contributed by atoms with Gasteiger partial charge in [0.25, 0.3) is 5.91 Å². The lowest BCUT2D eigenvalue weighted by molar-refractivity contribution is 0.0523. The molecular weight excluding hydrogens is 403 g/mol. The molecule has 0 aromatic heterocycles. The van der Waals surface area contributed by atoms with E-state index in [0.29, 0.717) is 15.7 Å². The van der Waals surface area contributed by atoms with Crippen molar-refractivity contribution in [1.82, 2.24) is 5.32 Å². The summed E-state index contributed by atoms with van der Waals surface area (Å²) >= 11 is 3.06. The summed E-state index contributed by atoms with van der Waals surface area (Å²) in [5.74, 6) is -0.801. The van der Waals surface area contributed by atoms with E-state index in [0.717, 1.165) is 5.56 Å². The van der Waals surface area contributed by atoms with Crippen LogP contribution in [0.15, 0.2) is 46.9 Å². The van der Waals surface area contributed by atoms with Gasteiger partial charge in [-0.05, 0) is 72.6 Å². The summed E-state index contributed by atoms with van der Waals surface area (Å²) in [6.07, 6.45) is -0.503. The van der Waals surface area contributed by atoms with Crippen molar-refractivity contribution >= 4 is 33.6 Å². The maximum Gasteiger partial charge on any atom is 0.407 e. The Bertz CT molecular complexity index is 801. The number of rotatable bonds is 4. The van der Waals surface area contributed by atoms with Gasteiger partial charge in [-0.15, -0.1) is 0 Å². The van der Waals surface area contributed by atoms with Crippen molar-refractivity contribution in [1.29, 1.82) is 0 Å². The molecule has 0 saturated carbocycles. The van der Waals surface area contributed by atoms with Gasteiger partial charge in [0.15, 0.2) is 0 Å². The van der Waals surface area contributed by atoms with E-state index in [1.54, 1.807) is 51.1 Å². The Morgan fingerprint density at radius 1 is 1.12 bits per heavy atom. The van der Waals surface area contributed by atoms with E-state index in [9.17, 15) is 14.0 Å². The summed E-state index contributed by atoms with van der Waals surface area (Å²) in [6.45, 7) is 5.65. The summed E-state index contributed by atoms with van der Waals surface area (Å²) in [5.41, 5.74) is 1.06. The van der Waals surface area contributed by atoms with Gasteiger partial charge in [0.2, 0.25) is 0 Å². The molecular formula is C19H20BrFN2O3. The second kappa shape index (κ2) is 8.31. The molecule has 0 radical (unpaired) electrons. The van der Waals surface area contributed by atoms with E-state index in [2.05, 4.69) is 26.6 Å². The smallest absolute Gasteiger partial charge is 0.407 e. The number of carbonyl (C=O) groups is 2. The highest BCUT2D eigenvalue weighted by Crippen LogP contribution is 2.20. The maximum absolute atomic E-state index is 13.5. The van der Waals surface area contributed by atoms with Crippen LogP contribution in [0.1, 0.15) is 36.7 Å². The first kappa shape index (κ1) is 19.9. The van der Waals surface area contributed by atoms with Crippen molar-refractivity contribution in [2.24, 2.45) is 0 Å². The predicted molar refractivity (Wildman–Crippen MR) is 102 cm³/mol. The number of halogens is 2. The van der Waals surface area contributed by atoms with Gasteiger partial charge >= 0.3 is 6.09 Å². The standard InChI is InChI=1S/C19H20BrFN2O3/c1-19(2,3)26-18(25)22-11-12-4-6-13(7-5-12)17(24)23-14-8-9-15(20)16(21)10-14/h4-10H,11H2,1-3H3,(H,22,25)(H,23,24). The molecule has 0 heterocycles. The van der Waals surface area contributed by atoms with Gasteiger partial charge in [-0.2, -0.15) is 0 Å². The summed E-state index contributed by atoms with van der Waals surface area (Å²) in [5, 5.41) is 5.28. The number of benzene rings is 2. The van der Waals surface area contributed by atoms with Crippen LogP contribution in [0, 0.1) is 5.82 Å². The lowest BCUT2D eigenvalue weighted by Crippen LogP contribution is -2.32. The van der Waals surface area contributed by atoms with Crippen molar-refractivity contribution in [2.45, 2.75) is 32.9 Å². The van der Waals surface area contributed by atoms with Gasteiger partial charge in [-0.1, -0.05) is 12.1 Å². The number of amides is 2. The van der Waals surface area contributed by atoms with Crippen LogP contribution in [-0.4, -0.2) is 17.6 Å². The van der Waals surface area contributed by atoms with Crippen LogP contribution in [0.3, 0.4) is 0 Å². The minimum atomic E-state index is -0.557. The Kier molecular flexibility index (Phi) is 6.37. The molecule has 0 saturated heterocycles. The Hall–Kier alpha value is -2.41. The van der Waals surface area contributed by atoms with E-state index in [1.807, 2.05) is 0 Å². The van der Waals surface area contributed by atoms with Gasteiger partial charge in [-0.25, -0.2) is 9.18 Å². The molecule has 0 aliphatic heterocycles. The Morgan fingerprint density at radius 3 is 2.35 bits per heavy atom. The second-order valence-corrected chi connectivity index (χ2v) is 7.49. The molecule has 0 bridgehead atoms. The van der Waals surface area contributed by atoms with Crippen LogP contribution < -0.4 is 10.6 Å². The van der Waals surface area contributed by atoms with Crippen molar-refractivity contribution in [3.8, 4) is 0 Å². The first-order valence-corrected chi connectivity index (χ1v) is 8.75. The molecule has 2 aromatic carbocycles. The minimum Gasteiger partial charge on any atom is -0.444 e. The highest BCUT2D eigenvalue weighted by Gasteiger charge is 2.15. The largest absolute Gasteiger partial charge is 0.444 e. The van der Waals surface area contributed by atoms with E-state index in [-0.39, 0.29) is 12.5 Å². The lowest BCUT2D eigenvalue weighted by atomic mass is 10.1. The number of alkyl carbamates (subject to hydrolysis) is 1. The molecule has 0 fully saturated rings. The molecule has 7 heteroatoms. The topological polar surface area (TPSA) is 67.4 Å². The fourth-order valence-electron chi connectivity index (χ4n) is 2.04. The predicted octanol–water partition coefficient (Wildman–Crippen LogP) is 4.87. The Balaban J connectivity index is 1.92. The number of hydrogen-bond donors (Lipinski definition) is 2. The molecule has 0 unspecified atom stereocenters. The van der Waals surface area contributed by atoms with Gasteiger partial charge in [0, 0.05) is 17.8 Å². The lowest BCUT2D eigenvalue weighted by Gasteiger charge is -2.19. The summed E-state index contributed by atoms with van der Waals surface area (Å²) in [6, 6.07) is 11.1. The third-order valence-electron chi connectivity index (χ3n) is 3.23. The van der Waals surface area contributed by atoms with E-state index in [4.69, 9.17) is 4.74 Å². The summed E-state index contributed by atoms with van der Waals surface area (Å²) in [7, 11) is 0. The average Bonchev–Trinajstić information content (AvgIpc) is 2.55. The zero-order valence-corrected chi connectivity index (χ0v) is 16.3. The molecule has 26 heavy (non-hydrogen) atoms. The Morgan fingerprint density at radius 2 is 1.77 bits per heavy atom. The van der Waals surface area contributed by atoms with Crippen molar-refractivity contribution in [3.63, 3.8) is 0 Å². The second-order valence-electron chi connectivity index (χ2n) is 6.64. The van der Waals surface area contributed by atoms with Crippen LogP contribution >= 0.6 is 15.9 Å².